The van der Waals surface area contributed by atoms with Gasteiger partial charge in [0.1, 0.15) is 5.69 Å². The van der Waals surface area contributed by atoms with Gasteiger partial charge in [0, 0.05) is 5.39 Å². The second-order valence-corrected chi connectivity index (χ2v) is 9.80. The Balaban J connectivity index is 1.72. The van der Waals surface area contributed by atoms with Crippen molar-refractivity contribution in [3.8, 4) is 0 Å². The van der Waals surface area contributed by atoms with E-state index in [0.717, 1.165) is 11.1 Å². The van der Waals surface area contributed by atoms with Gasteiger partial charge in [0.25, 0.3) is 11.8 Å². The fourth-order valence-corrected chi connectivity index (χ4v) is 4.00. The summed E-state index contributed by atoms with van der Waals surface area (Å²) >= 11 is 0. The molecule has 2 heterocycles. The van der Waals surface area contributed by atoms with Gasteiger partial charge >= 0.3 is 6.18 Å². The topological polar surface area (TPSA) is 103 Å². The molecule has 4 aromatic rings. The summed E-state index contributed by atoms with van der Waals surface area (Å²) in [7, 11) is 0. The van der Waals surface area contributed by atoms with E-state index in [-0.39, 0.29) is 28.9 Å². The maximum absolute atomic E-state index is 13.9. The number of nitrogens with one attached hydrogen (secondary N) is 1. The quantitative estimate of drug-likeness (QED) is 0.373. The van der Waals surface area contributed by atoms with Crippen molar-refractivity contribution in [3.05, 3.63) is 88.4 Å². The predicted octanol–water partition coefficient (Wildman–Crippen LogP) is 5.46. The maximum atomic E-state index is 13.9. The number of benzene rings is 2. The summed E-state index contributed by atoms with van der Waals surface area (Å²) in [5.41, 5.74) is 5.71. The average molecular weight is 510 g/mol. The average Bonchev–Trinajstić information content (AvgIpc) is 3.13. The molecule has 2 amide bonds. The van der Waals surface area contributed by atoms with Crippen LogP contribution in [-0.4, -0.2) is 26.6 Å². The molecule has 0 saturated carbocycles. The van der Waals surface area contributed by atoms with Crippen LogP contribution in [-0.2, 0) is 18.1 Å². The lowest BCUT2D eigenvalue weighted by molar-refractivity contribution is -0.140. The van der Waals surface area contributed by atoms with Crippen LogP contribution in [0.15, 0.2) is 54.6 Å². The highest BCUT2D eigenvalue weighted by Gasteiger charge is 2.39. The van der Waals surface area contributed by atoms with Crippen LogP contribution in [0.1, 0.15) is 64.1 Å². The third kappa shape index (κ3) is 5.32. The number of hydrogen-bond donors (Lipinski definition) is 2. The SMILES string of the molecule is Cc1c(NC(=O)c2cc(C(N)=O)nc3ccccc23)c(C(F)(F)F)nn1Cc1ccc(C(C)(C)C)cc1. The molecule has 0 atom stereocenters. The highest BCUT2D eigenvalue weighted by Crippen LogP contribution is 2.36. The van der Waals surface area contributed by atoms with Gasteiger partial charge in [-0.1, -0.05) is 63.2 Å². The number of nitrogens with two attached hydrogens (primary N) is 1. The van der Waals surface area contributed by atoms with Crippen molar-refractivity contribution >= 4 is 28.4 Å². The number of amides is 2. The molecule has 0 radical (unpaired) electrons. The highest BCUT2D eigenvalue weighted by molar-refractivity contribution is 6.14. The molecule has 0 aliphatic carbocycles. The van der Waals surface area contributed by atoms with Gasteiger partial charge in [0.2, 0.25) is 0 Å². The Kier molecular flexibility index (Phi) is 6.53. The summed E-state index contributed by atoms with van der Waals surface area (Å²) in [4.78, 5) is 29.1. The van der Waals surface area contributed by atoms with E-state index in [9.17, 15) is 22.8 Å². The number of aromatic nitrogens is 3. The molecule has 0 fully saturated rings. The number of nitrogens with zero attached hydrogens (tertiary/aromatic N) is 3. The van der Waals surface area contributed by atoms with Crippen molar-refractivity contribution in [2.45, 2.75) is 45.8 Å². The number of fused-ring (bicyclic) bond motifs is 1. The maximum Gasteiger partial charge on any atom is 0.437 e. The highest BCUT2D eigenvalue weighted by atomic mass is 19.4. The molecular formula is C27H26F3N5O2. The molecule has 0 bridgehead atoms. The van der Waals surface area contributed by atoms with Gasteiger partial charge in [-0.3, -0.25) is 14.3 Å². The Morgan fingerprint density at radius 1 is 1.03 bits per heavy atom. The number of hydrogen-bond acceptors (Lipinski definition) is 4. The van der Waals surface area contributed by atoms with E-state index in [1.165, 1.54) is 17.7 Å². The Morgan fingerprint density at radius 3 is 2.27 bits per heavy atom. The van der Waals surface area contributed by atoms with Crippen LogP contribution in [0.4, 0.5) is 18.9 Å². The lowest BCUT2D eigenvalue weighted by Gasteiger charge is -2.19. The van der Waals surface area contributed by atoms with E-state index < -0.39 is 29.4 Å². The molecule has 7 nitrogen and oxygen atoms in total. The third-order valence-electron chi connectivity index (χ3n) is 6.08. The molecule has 10 heteroatoms. The van der Waals surface area contributed by atoms with Crippen LogP contribution < -0.4 is 11.1 Å². The summed E-state index contributed by atoms with van der Waals surface area (Å²) in [5.74, 6) is -1.71. The standard InChI is InChI=1S/C27H26F3N5O2/c1-15-22(33-25(37)19-13-21(24(31)36)32-20-8-6-5-7-18(19)20)23(27(28,29)30)34-35(15)14-16-9-11-17(12-10-16)26(2,3)4/h5-13H,14H2,1-4H3,(H2,31,36)(H,33,37). The molecule has 0 unspecified atom stereocenters. The molecule has 192 valence electrons. The van der Waals surface area contributed by atoms with Gasteiger partial charge in [-0.25, -0.2) is 4.98 Å². The van der Waals surface area contributed by atoms with Crippen LogP contribution >= 0.6 is 0 Å². The minimum Gasteiger partial charge on any atom is -0.364 e. The first-order chi connectivity index (χ1) is 17.3. The first kappa shape index (κ1) is 25.9. The molecule has 4 rings (SSSR count). The molecule has 0 saturated heterocycles. The van der Waals surface area contributed by atoms with Crippen molar-refractivity contribution < 1.29 is 22.8 Å². The second-order valence-electron chi connectivity index (χ2n) is 9.80. The van der Waals surface area contributed by atoms with Gasteiger partial charge in [-0.15, -0.1) is 0 Å². The molecule has 0 aliphatic heterocycles. The van der Waals surface area contributed by atoms with Gasteiger partial charge < -0.3 is 11.1 Å². The van der Waals surface area contributed by atoms with Crippen LogP contribution in [0, 0.1) is 6.92 Å². The number of rotatable bonds is 5. The van der Waals surface area contributed by atoms with Crippen LogP contribution in [0.5, 0.6) is 0 Å². The number of primary amides is 1. The number of carbonyl (C=O) groups excluding carboxylic acids is 2. The summed E-state index contributed by atoms with van der Waals surface area (Å²) in [6.07, 6.45) is -4.81. The Hall–Kier alpha value is -4.21. The smallest absolute Gasteiger partial charge is 0.364 e. The normalized spacial score (nSPS) is 12.1. The van der Waals surface area contributed by atoms with E-state index in [4.69, 9.17) is 5.73 Å². The molecular weight excluding hydrogens is 483 g/mol. The van der Waals surface area contributed by atoms with Crippen molar-refractivity contribution in [2.24, 2.45) is 5.73 Å². The van der Waals surface area contributed by atoms with E-state index in [1.54, 1.807) is 24.3 Å². The van der Waals surface area contributed by atoms with Gasteiger partial charge in [0.15, 0.2) is 5.69 Å². The molecule has 3 N–H and O–H groups in total. The number of carbonyl (C=O) groups is 2. The molecule has 0 spiro atoms. The Bertz CT molecular complexity index is 1500. The summed E-state index contributed by atoms with van der Waals surface area (Å²) in [5, 5.41) is 6.53. The van der Waals surface area contributed by atoms with E-state index in [1.807, 2.05) is 24.3 Å². The van der Waals surface area contributed by atoms with Crippen molar-refractivity contribution in [2.75, 3.05) is 5.32 Å². The number of alkyl halides is 3. The zero-order valence-electron chi connectivity index (χ0n) is 20.8. The zero-order valence-corrected chi connectivity index (χ0v) is 20.8. The molecule has 37 heavy (non-hydrogen) atoms. The van der Waals surface area contributed by atoms with E-state index in [2.05, 4.69) is 36.2 Å². The largest absolute Gasteiger partial charge is 0.437 e. The fourth-order valence-electron chi connectivity index (χ4n) is 4.00. The third-order valence-corrected chi connectivity index (χ3v) is 6.08. The van der Waals surface area contributed by atoms with Crippen molar-refractivity contribution in [1.82, 2.24) is 14.8 Å². The fraction of sp³-hybridized carbons (Fsp3) is 0.259. The zero-order chi connectivity index (χ0) is 27.1. The minimum atomic E-state index is -4.81. The van der Waals surface area contributed by atoms with E-state index in [0.29, 0.717) is 10.9 Å². The lowest BCUT2D eigenvalue weighted by atomic mass is 9.87. The van der Waals surface area contributed by atoms with Crippen molar-refractivity contribution in [3.63, 3.8) is 0 Å². The Morgan fingerprint density at radius 2 is 1.68 bits per heavy atom. The number of pyridine rings is 1. The first-order valence-electron chi connectivity index (χ1n) is 11.5. The lowest BCUT2D eigenvalue weighted by Crippen LogP contribution is -2.19. The first-order valence-corrected chi connectivity index (χ1v) is 11.5. The summed E-state index contributed by atoms with van der Waals surface area (Å²) in [6, 6.07) is 15.2. The molecule has 2 aromatic carbocycles. The Labute approximate surface area is 211 Å². The summed E-state index contributed by atoms with van der Waals surface area (Å²) < 4.78 is 43.0. The van der Waals surface area contributed by atoms with Gasteiger partial charge in [0.05, 0.1) is 29.0 Å². The van der Waals surface area contributed by atoms with Crippen LogP contribution in [0.3, 0.4) is 0 Å². The molecule has 0 aliphatic rings. The molecule has 2 aromatic heterocycles. The number of anilines is 1. The summed E-state index contributed by atoms with van der Waals surface area (Å²) in [6.45, 7) is 7.76. The second kappa shape index (κ2) is 9.34. The van der Waals surface area contributed by atoms with Crippen LogP contribution in [0.2, 0.25) is 0 Å². The van der Waals surface area contributed by atoms with E-state index >= 15 is 0 Å². The van der Waals surface area contributed by atoms with Gasteiger partial charge in [-0.05, 0) is 35.6 Å². The number of para-hydroxylation sites is 1. The minimum absolute atomic E-state index is 0.0301. The number of halogens is 3. The predicted molar refractivity (Wildman–Crippen MR) is 134 cm³/mol. The van der Waals surface area contributed by atoms with Gasteiger partial charge in [-0.2, -0.15) is 18.3 Å². The van der Waals surface area contributed by atoms with Crippen molar-refractivity contribution in [1.29, 1.82) is 0 Å². The van der Waals surface area contributed by atoms with Crippen LogP contribution in [0.25, 0.3) is 10.9 Å². The monoisotopic (exact) mass is 509 g/mol.